The zero-order valence-corrected chi connectivity index (χ0v) is 48.6. The molecule has 27 heteroatoms. The third kappa shape index (κ3) is 17.7. The Hall–Kier alpha value is -8.59. The number of H-pyrrole nitrogens is 2. The number of carboxylic acids is 2. The van der Waals surface area contributed by atoms with Crippen LogP contribution in [0.1, 0.15) is 103 Å². The Balaban J connectivity index is 1.31. The van der Waals surface area contributed by atoms with E-state index >= 15 is 9.59 Å². The highest BCUT2D eigenvalue weighted by molar-refractivity contribution is 6.00. The standard InChI is InChI=1S/C58H83N15O12/c1-31(2)47(60)54(81)70-43(28-46(74)75)55(82)72-24-12-20-44(72)53(80)69-42(27-34-30-65-38-17-8-6-15-36(34)38)52(79)67-40(19-11-23-63-58(61)62)49(76)68-41(26-33-29-64-37-16-7-5-14-35(33)37)51(78)66-39(18-9-10-22-59)50(77)71-48(32(3)4)56(83)73-25-13-21-45(73)57(84)85/h5-8,14-17,29-32,39-45,47-48,64-65H,9-13,18-28,59-60H2,1-4H3,(H,66,78)(H,67,79)(H,68,76)(H,69,80)(H,70,81)(H,71,77)(H,74,75)(H,84,85)(H4,61,62,63)/t39-,40-,41-,42-,43-,44-,45-,47-,48-/m0/s1. The summed E-state index contributed by atoms with van der Waals surface area (Å²) in [6.07, 6.45) is 4.34. The van der Waals surface area contributed by atoms with Crippen molar-refractivity contribution in [2.24, 2.45) is 39.8 Å². The van der Waals surface area contributed by atoms with Gasteiger partial charge in [-0.15, -0.1) is 0 Å². The summed E-state index contributed by atoms with van der Waals surface area (Å²) in [4.78, 5) is 152. The smallest absolute Gasteiger partial charge is 0.326 e. The number of amides is 8. The van der Waals surface area contributed by atoms with Crippen LogP contribution in [0.3, 0.4) is 0 Å². The molecule has 27 nitrogen and oxygen atoms in total. The fourth-order valence-electron chi connectivity index (χ4n) is 10.8. The number of carbonyl (C=O) groups is 10. The molecule has 2 fully saturated rings. The molecule has 2 aliphatic heterocycles. The molecular weight excluding hydrogens is 1100 g/mol. The van der Waals surface area contributed by atoms with E-state index < -0.39 is 126 Å². The fourth-order valence-corrected chi connectivity index (χ4v) is 10.8. The van der Waals surface area contributed by atoms with Gasteiger partial charge in [-0.05, 0) is 99.4 Å². The maximum atomic E-state index is 15.0. The predicted octanol–water partition coefficient (Wildman–Crippen LogP) is -0.294. The van der Waals surface area contributed by atoms with Crippen LogP contribution < -0.4 is 54.8 Å². The zero-order valence-electron chi connectivity index (χ0n) is 48.6. The topological polar surface area (TPSA) is 438 Å². The van der Waals surface area contributed by atoms with E-state index in [1.165, 1.54) is 9.80 Å². The van der Waals surface area contributed by atoms with Gasteiger partial charge in [0.05, 0.1) is 12.5 Å². The van der Waals surface area contributed by atoms with Gasteiger partial charge in [0, 0.05) is 66.7 Å². The first-order chi connectivity index (χ1) is 40.5. The quantitative estimate of drug-likeness (QED) is 0.0175. The van der Waals surface area contributed by atoms with Crippen LogP contribution in [0.25, 0.3) is 21.8 Å². The lowest BCUT2D eigenvalue weighted by Crippen LogP contribution is -2.61. The van der Waals surface area contributed by atoms with E-state index in [1.54, 1.807) is 52.2 Å². The van der Waals surface area contributed by atoms with Crippen LogP contribution in [0.15, 0.2) is 65.9 Å². The van der Waals surface area contributed by atoms with Crippen LogP contribution in [-0.4, -0.2) is 176 Å². The average molecular weight is 1180 g/mol. The van der Waals surface area contributed by atoms with Crippen molar-refractivity contribution in [1.29, 1.82) is 0 Å². The molecule has 0 spiro atoms. The molecule has 8 amide bonds. The molecule has 2 aromatic heterocycles. The minimum Gasteiger partial charge on any atom is -0.481 e. The van der Waals surface area contributed by atoms with E-state index in [-0.39, 0.29) is 83.0 Å². The van der Waals surface area contributed by atoms with Gasteiger partial charge >= 0.3 is 11.9 Å². The van der Waals surface area contributed by atoms with Crippen LogP contribution in [0.5, 0.6) is 0 Å². The Morgan fingerprint density at radius 1 is 0.600 bits per heavy atom. The van der Waals surface area contributed by atoms with Crippen LogP contribution in [0, 0.1) is 11.8 Å². The fraction of sp³-hybridized carbons (Fsp3) is 0.534. The molecule has 9 atom stereocenters. The summed E-state index contributed by atoms with van der Waals surface area (Å²) in [5.41, 5.74) is 25.8. The molecule has 0 unspecified atom stereocenters. The number of carboxylic acid groups (broad SMARTS) is 2. The molecule has 2 saturated heterocycles. The molecule has 85 heavy (non-hydrogen) atoms. The molecule has 2 aromatic carbocycles. The zero-order chi connectivity index (χ0) is 62.1. The summed E-state index contributed by atoms with van der Waals surface area (Å²) in [7, 11) is 0. The monoisotopic (exact) mass is 1180 g/mol. The van der Waals surface area contributed by atoms with Gasteiger partial charge in [0.2, 0.25) is 47.3 Å². The number of carbonyl (C=O) groups excluding carboxylic acids is 8. The van der Waals surface area contributed by atoms with Gasteiger partial charge in [-0.1, -0.05) is 64.1 Å². The minimum atomic E-state index is -1.57. The summed E-state index contributed by atoms with van der Waals surface area (Å²) in [6.45, 7) is 7.28. The third-order valence-electron chi connectivity index (χ3n) is 15.5. The summed E-state index contributed by atoms with van der Waals surface area (Å²) >= 11 is 0. The Labute approximate surface area is 492 Å². The third-order valence-corrected chi connectivity index (χ3v) is 15.5. The number of aromatic nitrogens is 2. The number of fused-ring (bicyclic) bond motifs is 2. The highest BCUT2D eigenvalue weighted by Crippen LogP contribution is 2.25. The first-order valence-corrected chi connectivity index (χ1v) is 29.0. The molecule has 18 N–H and O–H groups in total. The highest BCUT2D eigenvalue weighted by Gasteiger charge is 2.42. The van der Waals surface area contributed by atoms with Crippen molar-refractivity contribution in [3.63, 3.8) is 0 Å². The number of nitrogens with zero attached hydrogens (tertiary/aromatic N) is 3. The molecular formula is C58H83N15O12. The molecule has 4 heterocycles. The number of nitrogens with two attached hydrogens (primary N) is 4. The van der Waals surface area contributed by atoms with Gasteiger partial charge in [-0.3, -0.25) is 48.1 Å². The van der Waals surface area contributed by atoms with Gasteiger partial charge in [-0.25, -0.2) is 4.79 Å². The lowest BCUT2D eigenvalue weighted by atomic mass is 9.99. The maximum absolute atomic E-state index is 15.0. The van der Waals surface area contributed by atoms with E-state index in [0.29, 0.717) is 36.8 Å². The number of aliphatic imine (C=N–C) groups is 1. The average Bonchev–Trinajstić information content (AvgIpc) is 4.53. The van der Waals surface area contributed by atoms with Crippen molar-refractivity contribution in [2.45, 2.75) is 159 Å². The number of guanidine groups is 1. The number of hydrogen-bond acceptors (Lipinski definition) is 13. The second kappa shape index (κ2) is 30.8. The van der Waals surface area contributed by atoms with Gasteiger partial charge in [0.1, 0.15) is 48.3 Å². The molecule has 0 saturated carbocycles. The number of nitrogens with one attached hydrogen (secondary N) is 8. The first kappa shape index (κ1) is 65.6. The number of likely N-dealkylation sites (tertiary alicyclic amines) is 2. The van der Waals surface area contributed by atoms with Crippen molar-refractivity contribution < 1.29 is 58.2 Å². The molecule has 0 bridgehead atoms. The molecule has 0 radical (unpaired) electrons. The van der Waals surface area contributed by atoms with Crippen LogP contribution in [0.2, 0.25) is 0 Å². The number of para-hydroxylation sites is 2. The van der Waals surface area contributed by atoms with Gasteiger partial charge in [0.25, 0.3) is 0 Å². The molecule has 6 rings (SSSR count). The largest absolute Gasteiger partial charge is 0.481 e. The van der Waals surface area contributed by atoms with Gasteiger partial charge in [-0.2, -0.15) is 0 Å². The second-order valence-electron chi connectivity index (χ2n) is 22.5. The Bertz CT molecular complexity index is 3060. The Morgan fingerprint density at radius 2 is 1.08 bits per heavy atom. The van der Waals surface area contributed by atoms with Crippen molar-refractivity contribution in [2.75, 3.05) is 26.2 Å². The number of aliphatic carboxylic acids is 2. The Kier molecular flexibility index (Phi) is 23.8. The van der Waals surface area contributed by atoms with Crippen molar-refractivity contribution in [3.8, 4) is 0 Å². The van der Waals surface area contributed by atoms with Crippen molar-refractivity contribution in [1.82, 2.24) is 51.7 Å². The van der Waals surface area contributed by atoms with Crippen molar-refractivity contribution >= 4 is 87.0 Å². The van der Waals surface area contributed by atoms with E-state index in [9.17, 15) is 48.6 Å². The van der Waals surface area contributed by atoms with Crippen LogP contribution in [-0.2, 0) is 60.8 Å². The predicted molar refractivity (Wildman–Crippen MR) is 315 cm³/mol. The summed E-state index contributed by atoms with van der Waals surface area (Å²) in [6, 6.07) is 2.87. The molecule has 0 aliphatic carbocycles. The van der Waals surface area contributed by atoms with E-state index in [0.717, 1.165) is 21.8 Å². The number of aromatic amines is 2. The lowest BCUT2D eigenvalue weighted by molar-refractivity contribution is -0.150. The van der Waals surface area contributed by atoms with Gasteiger partial charge in [0.15, 0.2) is 5.96 Å². The molecule has 462 valence electrons. The summed E-state index contributed by atoms with van der Waals surface area (Å²) in [5, 5.41) is 37.6. The molecule has 2 aliphatic rings. The number of rotatable bonds is 31. The summed E-state index contributed by atoms with van der Waals surface area (Å²) < 4.78 is 0. The van der Waals surface area contributed by atoms with Gasteiger partial charge < -0.3 is 84.8 Å². The lowest BCUT2D eigenvalue weighted by Gasteiger charge is -2.31. The maximum Gasteiger partial charge on any atom is 0.326 e. The number of unbranched alkanes of at least 4 members (excludes halogenated alkanes) is 1. The number of hydrogen-bond donors (Lipinski definition) is 14. The Morgan fingerprint density at radius 3 is 1.60 bits per heavy atom. The highest BCUT2D eigenvalue weighted by atomic mass is 16.4. The number of benzene rings is 2. The second-order valence-corrected chi connectivity index (χ2v) is 22.5. The molecule has 4 aromatic rings. The van der Waals surface area contributed by atoms with E-state index in [1.807, 2.05) is 36.4 Å². The van der Waals surface area contributed by atoms with Crippen molar-refractivity contribution in [3.05, 3.63) is 72.1 Å². The first-order valence-electron chi connectivity index (χ1n) is 29.0. The van der Waals surface area contributed by atoms with E-state index in [2.05, 4.69) is 46.9 Å². The van der Waals surface area contributed by atoms with E-state index in [4.69, 9.17) is 22.9 Å². The van der Waals surface area contributed by atoms with Crippen LogP contribution in [0.4, 0.5) is 0 Å². The summed E-state index contributed by atoms with van der Waals surface area (Å²) in [5.74, 6) is -9.78. The normalized spacial score (nSPS) is 17.5. The minimum absolute atomic E-state index is 0.0171. The SMILES string of the molecule is CC(C)[C@H](N)C(=O)N[C@@H](CC(=O)O)C(=O)N1CCC[C@H]1C(=O)N[C@@H](Cc1c[nH]c2ccccc12)C(=O)N[C@@H](CCCN=C(N)N)C(=O)N[C@@H](Cc1c[nH]c2ccccc12)C(=O)N[C@@H](CCCCN)C(=O)N[C@H](C(=O)N1CCC[C@H]1C(=O)O)C(C)C. The van der Waals surface area contributed by atoms with Crippen LogP contribution >= 0.6 is 0 Å².